The first-order valence-electron chi connectivity index (χ1n) is 7.92. The molecule has 118 valence electrons. The lowest BCUT2D eigenvalue weighted by atomic mass is 10.1. The molecule has 0 aliphatic rings. The average Bonchev–Trinajstić information content (AvgIpc) is 3.20. The van der Waals surface area contributed by atoms with E-state index in [0.717, 1.165) is 21.8 Å². The van der Waals surface area contributed by atoms with E-state index in [9.17, 15) is 4.79 Å². The van der Waals surface area contributed by atoms with Gasteiger partial charge in [-0.1, -0.05) is 36.4 Å². The van der Waals surface area contributed by atoms with E-state index in [-0.39, 0.29) is 5.91 Å². The van der Waals surface area contributed by atoms with Gasteiger partial charge in [-0.3, -0.25) is 9.36 Å². The molecule has 5 aromatic rings. The molecule has 0 saturated heterocycles. The van der Waals surface area contributed by atoms with Gasteiger partial charge in [0.1, 0.15) is 11.8 Å². The summed E-state index contributed by atoms with van der Waals surface area (Å²) in [7, 11) is 0. The summed E-state index contributed by atoms with van der Waals surface area (Å²) in [6.07, 6.45) is 4.70. The fraction of sp³-hybridized carbons (Fsp3) is 0. The zero-order valence-corrected chi connectivity index (χ0v) is 13.1. The van der Waals surface area contributed by atoms with Gasteiger partial charge in [0.2, 0.25) is 0 Å². The quantitative estimate of drug-likeness (QED) is 0.347. The van der Waals surface area contributed by atoms with Crippen LogP contribution < -0.4 is 0 Å². The second-order valence-corrected chi connectivity index (χ2v) is 5.83. The molecule has 0 unspecified atom stereocenters. The Hall–Kier alpha value is -3.60. The van der Waals surface area contributed by atoms with E-state index < -0.39 is 0 Å². The van der Waals surface area contributed by atoms with Crippen LogP contribution in [-0.2, 0) is 0 Å². The minimum absolute atomic E-state index is 0.169. The summed E-state index contributed by atoms with van der Waals surface area (Å²) in [5, 5.41) is 2.18. The van der Waals surface area contributed by atoms with E-state index in [1.807, 2.05) is 42.5 Å². The van der Waals surface area contributed by atoms with Crippen molar-refractivity contribution in [2.45, 2.75) is 0 Å². The molecule has 0 bridgehead atoms. The summed E-state index contributed by atoms with van der Waals surface area (Å²) in [4.78, 5) is 26.2. The number of imidazole rings is 1. The monoisotopic (exact) mass is 324 g/mol. The van der Waals surface area contributed by atoms with E-state index in [4.69, 9.17) is 9.97 Å². The molecule has 3 aromatic carbocycles. The fourth-order valence-electron chi connectivity index (χ4n) is 3.12. The number of rotatable bonds is 1. The number of para-hydroxylation sites is 1. The highest BCUT2D eigenvalue weighted by atomic mass is 16.2. The molecular formula is C20H12N4O. The Balaban J connectivity index is 1.83. The molecule has 0 atom stereocenters. The highest BCUT2D eigenvalue weighted by Crippen LogP contribution is 2.26. The van der Waals surface area contributed by atoms with Crippen molar-refractivity contribution in [3.8, 4) is 0 Å². The third-order valence-corrected chi connectivity index (χ3v) is 4.33. The maximum atomic E-state index is 12.7. The van der Waals surface area contributed by atoms with Gasteiger partial charge in [0, 0.05) is 17.8 Å². The van der Waals surface area contributed by atoms with Gasteiger partial charge >= 0.3 is 0 Å². The predicted molar refractivity (Wildman–Crippen MR) is 96.5 cm³/mol. The number of aromatic nitrogens is 4. The van der Waals surface area contributed by atoms with Gasteiger partial charge in [-0.2, -0.15) is 0 Å². The van der Waals surface area contributed by atoms with Crippen LogP contribution in [0.4, 0.5) is 0 Å². The normalized spacial score (nSPS) is 11.4. The van der Waals surface area contributed by atoms with Gasteiger partial charge < -0.3 is 0 Å². The highest BCUT2D eigenvalue weighted by molar-refractivity contribution is 6.10. The van der Waals surface area contributed by atoms with Crippen LogP contribution in [0.25, 0.3) is 32.8 Å². The third kappa shape index (κ3) is 2.10. The maximum absolute atomic E-state index is 12.7. The van der Waals surface area contributed by atoms with E-state index in [0.29, 0.717) is 16.6 Å². The minimum atomic E-state index is -0.169. The lowest BCUT2D eigenvalue weighted by molar-refractivity contribution is 0.0961. The molecule has 25 heavy (non-hydrogen) atoms. The van der Waals surface area contributed by atoms with Gasteiger partial charge in [0.05, 0.1) is 22.1 Å². The smallest absolute Gasteiger partial charge is 0.265 e. The van der Waals surface area contributed by atoms with Crippen LogP contribution in [0.2, 0.25) is 0 Å². The SMILES string of the molecule is O=C(c1cccc2nc3c(ccc4ccccc43)nc12)n1ccnc1. The first-order valence-corrected chi connectivity index (χ1v) is 7.92. The standard InChI is InChI=1S/C20H12N4O/c25-20(24-11-10-21-12-24)15-6-3-7-16-19(15)23-17-9-8-13-4-1-2-5-14(13)18(17)22-16/h1-12H. The van der Waals surface area contributed by atoms with Crippen LogP contribution in [0.15, 0.2) is 73.3 Å². The highest BCUT2D eigenvalue weighted by Gasteiger charge is 2.15. The Labute approximate surface area is 142 Å². The summed E-state index contributed by atoms with van der Waals surface area (Å²) >= 11 is 0. The molecule has 0 saturated carbocycles. The number of hydrogen-bond donors (Lipinski definition) is 0. The number of benzene rings is 3. The molecule has 5 rings (SSSR count). The molecule has 0 aliphatic carbocycles. The summed E-state index contributed by atoms with van der Waals surface area (Å²) in [6, 6.07) is 17.6. The Morgan fingerprint density at radius 1 is 0.840 bits per heavy atom. The minimum Gasteiger partial charge on any atom is -0.272 e. The van der Waals surface area contributed by atoms with Gasteiger partial charge in [-0.05, 0) is 23.6 Å². The predicted octanol–water partition coefficient (Wildman–Crippen LogP) is 3.82. The zero-order valence-electron chi connectivity index (χ0n) is 13.1. The van der Waals surface area contributed by atoms with Crippen LogP contribution in [0.1, 0.15) is 10.4 Å². The van der Waals surface area contributed by atoms with Gasteiger partial charge in [0.25, 0.3) is 5.91 Å². The van der Waals surface area contributed by atoms with Crippen LogP contribution >= 0.6 is 0 Å². The summed E-state index contributed by atoms with van der Waals surface area (Å²) in [6.45, 7) is 0. The first kappa shape index (κ1) is 13.8. The Morgan fingerprint density at radius 2 is 1.68 bits per heavy atom. The molecule has 2 heterocycles. The summed E-state index contributed by atoms with van der Waals surface area (Å²) in [5.74, 6) is -0.169. The van der Waals surface area contributed by atoms with Crippen molar-refractivity contribution in [3.63, 3.8) is 0 Å². The molecule has 0 aliphatic heterocycles. The second-order valence-electron chi connectivity index (χ2n) is 5.83. The largest absolute Gasteiger partial charge is 0.272 e. The number of fused-ring (bicyclic) bond motifs is 4. The number of nitrogens with zero attached hydrogens (tertiary/aromatic N) is 4. The lowest BCUT2D eigenvalue weighted by Gasteiger charge is -2.08. The van der Waals surface area contributed by atoms with E-state index in [1.165, 1.54) is 10.9 Å². The van der Waals surface area contributed by atoms with E-state index in [1.54, 1.807) is 18.5 Å². The van der Waals surface area contributed by atoms with Gasteiger partial charge in [-0.25, -0.2) is 15.0 Å². The molecule has 5 nitrogen and oxygen atoms in total. The maximum Gasteiger partial charge on any atom is 0.265 e. The molecule has 0 amide bonds. The molecule has 2 aromatic heterocycles. The topological polar surface area (TPSA) is 60.7 Å². The second kappa shape index (κ2) is 5.21. The first-order chi connectivity index (χ1) is 12.3. The Bertz CT molecular complexity index is 1260. The molecule has 0 N–H and O–H groups in total. The van der Waals surface area contributed by atoms with Crippen LogP contribution in [-0.4, -0.2) is 25.4 Å². The van der Waals surface area contributed by atoms with Crippen molar-refractivity contribution in [3.05, 3.63) is 78.9 Å². The van der Waals surface area contributed by atoms with Crippen molar-refractivity contribution in [1.82, 2.24) is 19.5 Å². The van der Waals surface area contributed by atoms with Crippen LogP contribution in [0, 0.1) is 0 Å². The number of hydrogen-bond acceptors (Lipinski definition) is 4. The van der Waals surface area contributed by atoms with Gasteiger partial charge in [0.15, 0.2) is 0 Å². The molecule has 0 fully saturated rings. The van der Waals surface area contributed by atoms with E-state index in [2.05, 4.69) is 11.1 Å². The van der Waals surface area contributed by atoms with Crippen molar-refractivity contribution in [2.24, 2.45) is 0 Å². The number of carbonyl (C=O) groups is 1. The molecular weight excluding hydrogens is 312 g/mol. The van der Waals surface area contributed by atoms with Crippen molar-refractivity contribution in [2.75, 3.05) is 0 Å². The molecule has 0 radical (unpaired) electrons. The summed E-state index contributed by atoms with van der Waals surface area (Å²) < 4.78 is 1.45. The van der Waals surface area contributed by atoms with Gasteiger partial charge in [-0.15, -0.1) is 0 Å². The fourth-order valence-corrected chi connectivity index (χ4v) is 3.12. The zero-order chi connectivity index (χ0) is 16.8. The van der Waals surface area contributed by atoms with E-state index >= 15 is 0 Å². The molecule has 5 heteroatoms. The van der Waals surface area contributed by atoms with Crippen LogP contribution in [0.5, 0.6) is 0 Å². The van der Waals surface area contributed by atoms with Crippen molar-refractivity contribution in [1.29, 1.82) is 0 Å². The van der Waals surface area contributed by atoms with Crippen molar-refractivity contribution >= 4 is 38.7 Å². The number of carbonyl (C=O) groups excluding carboxylic acids is 1. The van der Waals surface area contributed by atoms with Crippen LogP contribution in [0.3, 0.4) is 0 Å². The lowest BCUT2D eigenvalue weighted by Crippen LogP contribution is -2.11. The average molecular weight is 324 g/mol. The summed E-state index contributed by atoms with van der Waals surface area (Å²) in [5.41, 5.74) is 3.44. The Kier molecular flexibility index (Phi) is 2.87. The Morgan fingerprint density at radius 3 is 2.56 bits per heavy atom. The molecule has 0 spiro atoms. The third-order valence-electron chi connectivity index (χ3n) is 4.33. The van der Waals surface area contributed by atoms with Crippen molar-refractivity contribution < 1.29 is 4.79 Å².